The summed E-state index contributed by atoms with van der Waals surface area (Å²) in [6.07, 6.45) is 18.7. The van der Waals surface area contributed by atoms with Gasteiger partial charge in [-0.3, -0.25) is 14.4 Å². The van der Waals surface area contributed by atoms with E-state index in [1.165, 1.54) is 5.57 Å². The summed E-state index contributed by atoms with van der Waals surface area (Å²) in [6, 6.07) is 19.0. The quantitative estimate of drug-likeness (QED) is 0.249. The van der Waals surface area contributed by atoms with Crippen LogP contribution < -0.4 is 16.5 Å². The number of allylic oxidation sites excluding steroid dienone is 7. The third-order valence-electron chi connectivity index (χ3n) is 5.55. The molecule has 1 aliphatic carbocycles. The van der Waals surface area contributed by atoms with Crippen molar-refractivity contribution in [3.8, 4) is 0 Å². The van der Waals surface area contributed by atoms with Crippen molar-refractivity contribution in [1.29, 1.82) is 0 Å². The third-order valence-corrected chi connectivity index (χ3v) is 5.55. The number of rotatable bonds is 12. The Hall–Kier alpha value is -3.90. The van der Waals surface area contributed by atoms with Crippen LogP contribution in [0.25, 0.3) is 0 Å². The number of nitrogens with two attached hydrogens (primary N) is 1. The van der Waals surface area contributed by atoms with Gasteiger partial charge in [-0.25, -0.2) is 5.48 Å². The zero-order valence-corrected chi connectivity index (χ0v) is 21.6. The summed E-state index contributed by atoms with van der Waals surface area (Å²) in [5.41, 5.74) is 10.7. The van der Waals surface area contributed by atoms with Crippen LogP contribution in [0.3, 0.4) is 0 Å². The number of carbonyl (C=O) groups is 2. The largest absolute Gasteiger partial charge is 0.405 e. The maximum absolute atomic E-state index is 12.1. The lowest BCUT2D eigenvalue weighted by Crippen LogP contribution is -2.32. The van der Waals surface area contributed by atoms with Crippen LogP contribution >= 0.6 is 0 Å². The lowest BCUT2D eigenvalue weighted by Gasteiger charge is -2.13. The van der Waals surface area contributed by atoms with Gasteiger partial charge >= 0.3 is 0 Å². The summed E-state index contributed by atoms with van der Waals surface area (Å²) in [6.45, 7) is 2.37. The van der Waals surface area contributed by atoms with Gasteiger partial charge in [0.1, 0.15) is 0 Å². The van der Waals surface area contributed by atoms with Crippen molar-refractivity contribution in [3.05, 3.63) is 120 Å². The van der Waals surface area contributed by atoms with Crippen LogP contribution in [-0.4, -0.2) is 17.9 Å². The smallest absolute Gasteiger partial charge is 0.251 e. The van der Waals surface area contributed by atoms with E-state index >= 15 is 0 Å². The highest BCUT2D eigenvalue weighted by Crippen LogP contribution is 2.08. The first kappa shape index (κ1) is 29.3. The van der Waals surface area contributed by atoms with Crippen molar-refractivity contribution >= 4 is 11.8 Å². The highest BCUT2D eigenvalue weighted by atomic mass is 16.6. The Morgan fingerprint density at radius 2 is 1.70 bits per heavy atom. The van der Waals surface area contributed by atoms with Gasteiger partial charge in [0.2, 0.25) is 5.91 Å². The normalized spacial score (nSPS) is 13.2. The molecule has 0 aliphatic heterocycles. The van der Waals surface area contributed by atoms with Crippen LogP contribution in [0.2, 0.25) is 0 Å². The third kappa shape index (κ3) is 13.7. The molecule has 0 aromatic heterocycles. The summed E-state index contributed by atoms with van der Waals surface area (Å²) in [5.74, 6) is -0.144. The number of hydroxylamine groups is 1. The molecule has 1 unspecified atom stereocenters. The van der Waals surface area contributed by atoms with Gasteiger partial charge in [0, 0.05) is 18.0 Å². The Morgan fingerprint density at radius 1 is 0.973 bits per heavy atom. The van der Waals surface area contributed by atoms with Crippen molar-refractivity contribution in [2.45, 2.75) is 58.1 Å². The fourth-order valence-corrected chi connectivity index (χ4v) is 3.55. The fraction of sp³-hybridized carbons (Fsp3) is 0.290. The van der Waals surface area contributed by atoms with Crippen molar-refractivity contribution in [2.75, 3.05) is 0 Å². The van der Waals surface area contributed by atoms with Crippen molar-refractivity contribution in [2.24, 2.45) is 5.73 Å². The first-order valence-corrected chi connectivity index (χ1v) is 12.8. The molecule has 0 saturated carbocycles. The molecule has 2 amide bonds. The molecule has 0 spiro atoms. The Balaban J connectivity index is 0.000000402. The van der Waals surface area contributed by atoms with Gasteiger partial charge < -0.3 is 11.1 Å². The van der Waals surface area contributed by atoms with E-state index in [2.05, 4.69) is 22.9 Å². The van der Waals surface area contributed by atoms with Gasteiger partial charge in [0.15, 0.2) is 0 Å². The van der Waals surface area contributed by atoms with Crippen molar-refractivity contribution < 1.29 is 14.4 Å². The van der Waals surface area contributed by atoms with Crippen LogP contribution in [0, 0.1) is 0 Å². The predicted octanol–water partition coefficient (Wildman–Crippen LogP) is 5.90. The highest BCUT2D eigenvalue weighted by Gasteiger charge is 2.09. The van der Waals surface area contributed by atoms with Crippen molar-refractivity contribution in [3.63, 3.8) is 0 Å². The zero-order chi connectivity index (χ0) is 26.6. The molecule has 3 rings (SSSR count). The van der Waals surface area contributed by atoms with Crippen LogP contribution in [0.5, 0.6) is 0 Å². The summed E-state index contributed by atoms with van der Waals surface area (Å²) in [7, 11) is 0. The summed E-state index contributed by atoms with van der Waals surface area (Å²) >= 11 is 0. The first-order chi connectivity index (χ1) is 18.1. The van der Waals surface area contributed by atoms with Crippen LogP contribution in [0.4, 0.5) is 0 Å². The molecule has 1 atom stereocenters. The van der Waals surface area contributed by atoms with Gasteiger partial charge in [0.25, 0.3) is 5.91 Å². The number of nitrogens with one attached hydrogen (secondary N) is 2. The minimum absolute atomic E-state index is 0.0435. The Bertz CT molecular complexity index is 1040. The predicted molar refractivity (Wildman–Crippen MR) is 150 cm³/mol. The Labute approximate surface area is 220 Å². The summed E-state index contributed by atoms with van der Waals surface area (Å²) in [4.78, 5) is 29.0. The van der Waals surface area contributed by atoms with Crippen LogP contribution in [0.1, 0.15) is 61.4 Å². The van der Waals surface area contributed by atoms with Crippen LogP contribution in [-0.2, 0) is 16.2 Å². The summed E-state index contributed by atoms with van der Waals surface area (Å²) in [5, 5.41) is 3.00. The van der Waals surface area contributed by atoms with E-state index in [9.17, 15) is 9.59 Å². The maximum Gasteiger partial charge on any atom is 0.251 e. The van der Waals surface area contributed by atoms with E-state index < -0.39 is 0 Å². The summed E-state index contributed by atoms with van der Waals surface area (Å²) < 4.78 is 0. The number of benzene rings is 2. The molecule has 1 aliphatic rings. The maximum atomic E-state index is 12.1. The Kier molecular flexibility index (Phi) is 14.6. The number of hydrogen-bond donors (Lipinski definition) is 3. The minimum Gasteiger partial charge on any atom is -0.405 e. The van der Waals surface area contributed by atoms with Gasteiger partial charge in [-0.1, -0.05) is 91.8 Å². The zero-order valence-electron chi connectivity index (χ0n) is 21.6. The van der Waals surface area contributed by atoms with Crippen LogP contribution in [0.15, 0.2) is 109 Å². The molecule has 196 valence electrons. The Morgan fingerprint density at radius 3 is 2.43 bits per heavy atom. The van der Waals surface area contributed by atoms with E-state index in [-0.39, 0.29) is 17.9 Å². The molecule has 37 heavy (non-hydrogen) atoms. The average Bonchev–Trinajstić information content (AvgIpc) is 3.19. The number of amides is 2. The van der Waals surface area contributed by atoms with E-state index in [0.29, 0.717) is 18.6 Å². The monoisotopic (exact) mass is 501 g/mol. The molecule has 6 heteroatoms. The average molecular weight is 502 g/mol. The SMILES string of the molecule is CC(CCCCCC(=O)NOCc1ccccc1)NC(=O)c1ccccc1.N/C=C\C1=CC=CC=CC1. The molecular formula is C31H39N3O3. The molecule has 0 fully saturated rings. The van der Waals surface area contributed by atoms with E-state index in [1.807, 2.05) is 79.8 Å². The highest BCUT2D eigenvalue weighted by molar-refractivity contribution is 5.94. The van der Waals surface area contributed by atoms with E-state index in [1.54, 1.807) is 18.3 Å². The molecule has 6 nitrogen and oxygen atoms in total. The first-order valence-electron chi connectivity index (χ1n) is 12.8. The topological polar surface area (TPSA) is 93.5 Å². The second-order valence-electron chi connectivity index (χ2n) is 8.76. The van der Waals surface area contributed by atoms with Gasteiger partial charge in [0.05, 0.1) is 6.61 Å². The molecule has 0 saturated heterocycles. The van der Waals surface area contributed by atoms with Gasteiger partial charge in [-0.15, -0.1) is 0 Å². The molecule has 0 radical (unpaired) electrons. The lowest BCUT2D eigenvalue weighted by atomic mass is 10.1. The number of unbranched alkanes of at least 4 members (excludes halogenated alkanes) is 2. The van der Waals surface area contributed by atoms with Gasteiger partial charge in [-0.2, -0.15) is 0 Å². The number of hydrogen-bond acceptors (Lipinski definition) is 4. The van der Waals surface area contributed by atoms with Crippen molar-refractivity contribution in [1.82, 2.24) is 10.8 Å². The molecule has 2 aromatic rings. The fourth-order valence-electron chi connectivity index (χ4n) is 3.55. The molecule has 4 N–H and O–H groups in total. The molecule has 0 bridgehead atoms. The lowest BCUT2D eigenvalue weighted by molar-refractivity contribution is -0.134. The second kappa shape index (κ2) is 18.4. The minimum atomic E-state index is -0.101. The van der Waals surface area contributed by atoms with Gasteiger partial charge in [-0.05, 0) is 61.7 Å². The molecular weight excluding hydrogens is 462 g/mol. The van der Waals surface area contributed by atoms with E-state index in [0.717, 1.165) is 37.7 Å². The standard InChI is InChI=1S/C22H28N2O3.C9H11N/c1-18(23-22(26)20-14-8-4-9-15-20)11-5-2-10-16-21(25)24-27-17-19-12-6-3-7-13-19;10-8-7-9-5-3-1-2-4-6-9/h3-4,6-9,12-15,18H,2,5,10-11,16-17H2,1H3,(H,23,26)(H,24,25);1-5,7-8H,6,10H2/b;8-7-. The number of carbonyl (C=O) groups excluding carboxylic acids is 2. The second-order valence-corrected chi connectivity index (χ2v) is 8.76. The van der Waals surface area contributed by atoms with E-state index in [4.69, 9.17) is 10.6 Å². The molecule has 2 aromatic carbocycles. The molecule has 0 heterocycles.